The van der Waals surface area contributed by atoms with E-state index in [4.69, 9.17) is 16.6 Å². The van der Waals surface area contributed by atoms with E-state index in [1.54, 1.807) is 21.6 Å². The molecule has 0 aliphatic carbocycles. The van der Waals surface area contributed by atoms with Crippen molar-refractivity contribution in [1.29, 1.82) is 0 Å². The Kier molecular flexibility index (Phi) is 3.53. The van der Waals surface area contributed by atoms with E-state index in [0.29, 0.717) is 35.7 Å². The number of pyridine rings is 1. The molecule has 0 atom stereocenters. The third-order valence-electron chi connectivity index (χ3n) is 4.24. The number of anilines is 1. The van der Waals surface area contributed by atoms with Gasteiger partial charge < -0.3 is 4.90 Å². The number of hydrogen-bond acceptors (Lipinski definition) is 5. The number of fused-ring (bicyclic) bond motifs is 2. The predicted molar refractivity (Wildman–Crippen MR) is 92.5 cm³/mol. The lowest BCUT2D eigenvalue weighted by Crippen LogP contribution is -2.40. The average Bonchev–Trinajstić information content (AvgIpc) is 2.99. The fourth-order valence-electron chi connectivity index (χ4n) is 3.01. The molecule has 0 saturated heterocycles. The highest BCUT2D eigenvalue weighted by Gasteiger charge is 2.23. The molecule has 0 spiro atoms. The van der Waals surface area contributed by atoms with E-state index in [2.05, 4.69) is 15.0 Å². The van der Waals surface area contributed by atoms with Crippen LogP contribution in [0, 0.1) is 0 Å². The molecular formula is C16H17ClN6O. The fourth-order valence-corrected chi connectivity index (χ4v) is 3.13. The zero-order valence-corrected chi connectivity index (χ0v) is 14.2. The van der Waals surface area contributed by atoms with Crippen molar-refractivity contribution < 1.29 is 0 Å². The van der Waals surface area contributed by atoms with Crippen LogP contribution in [0.15, 0.2) is 29.3 Å². The molecule has 0 fully saturated rings. The molecule has 0 amide bonds. The molecule has 0 saturated carbocycles. The largest absolute Gasteiger partial charge is 0.347 e. The SMILES string of the molecule is CC(C)n1ncc2c(=O)n3c(nc21)CN(c1ccc(Cl)cn1)CC3. The lowest BCUT2D eigenvalue weighted by atomic mass is 10.3. The summed E-state index contributed by atoms with van der Waals surface area (Å²) in [5, 5.41) is 5.49. The zero-order chi connectivity index (χ0) is 16.8. The number of halogens is 1. The summed E-state index contributed by atoms with van der Waals surface area (Å²) in [5.74, 6) is 1.57. The molecule has 1 aliphatic heterocycles. The molecule has 0 aromatic carbocycles. The second kappa shape index (κ2) is 5.59. The molecule has 8 heteroatoms. The van der Waals surface area contributed by atoms with E-state index in [9.17, 15) is 4.79 Å². The van der Waals surface area contributed by atoms with Gasteiger partial charge in [0.25, 0.3) is 5.56 Å². The minimum Gasteiger partial charge on any atom is -0.347 e. The van der Waals surface area contributed by atoms with Crippen LogP contribution < -0.4 is 10.5 Å². The number of hydrogen-bond donors (Lipinski definition) is 0. The van der Waals surface area contributed by atoms with Crippen molar-refractivity contribution in [3.63, 3.8) is 0 Å². The van der Waals surface area contributed by atoms with Gasteiger partial charge in [-0.3, -0.25) is 9.36 Å². The predicted octanol–water partition coefficient (Wildman–Crippen LogP) is 2.24. The van der Waals surface area contributed by atoms with E-state index >= 15 is 0 Å². The first-order valence-electron chi connectivity index (χ1n) is 7.88. The first kappa shape index (κ1) is 15.1. The summed E-state index contributed by atoms with van der Waals surface area (Å²) in [7, 11) is 0. The Morgan fingerprint density at radius 2 is 2.04 bits per heavy atom. The summed E-state index contributed by atoms with van der Waals surface area (Å²) in [6.45, 7) is 5.86. The highest BCUT2D eigenvalue weighted by atomic mass is 35.5. The highest BCUT2D eigenvalue weighted by molar-refractivity contribution is 6.30. The number of aromatic nitrogens is 5. The first-order chi connectivity index (χ1) is 11.5. The van der Waals surface area contributed by atoms with Gasteiger partial charge in [0.05, 0.1) is 17.8 Å². The molecule has 24 heavy (non-hydrogen) atoms. The first-order valence-corrected chi connectivity index (χ1v) is 8.26. The third kappa shape index (κ3) is 2.36. The zero-order valence-electron chi connectivity index (χ0n) is 13.5. The summed E-state index contributed by atoms with van der Waals surface area (Å²) in [6, 6.07) is 3.85. The highest BCUT2D eigenvalue weighted by Crippen LogP contribution is 2.20. The van der Waals surface area contributed by atoms with E-state index in [-0.39, 0.29) is 11.6 Å². The van der Waals surface area contributed by atoms with Gasteiger partial charge in [-0.1, -0.05) is 11.6 Å². The van der Waals surface area contributed by atoms with Crippen LogP contribution in [0.25, 0.3) is 11.0 Å². The summed E-state index contributed by atoms with van der Waals surface area (Å²) in [5.41, 5.74) is 0.623. The van der Waals surface area contributed by atoms with Crippen molar-refractivity contribution in [2.24, 2.45) is 0 Å². The molecule has 4 heterocycles. The summed E-state index contributed by atoms with van der Waals surface area (Å²) in [4.78, 5) is 23.9. The topological polar surface area (TPSA) is 68.8 Å². The van der Waals surface area contributed by atoms with Gasteiger partial charge in [-0.05, 0) is 26.0 Å². The van der Waals surface area contributed by atoms with E-state index in [1.165, 1.54) is 0 Å². The molecule has 1 aliphatic rings. The Hall–Kier alpha value is -2.41. The normalized spacial score (nSPS) is 14.4. The maximum absolute atomic E-state index is 12.7. The van der Waals surface area contributed by atoms with Gasteiger partial charge in [0.1, 0.15) is 17.0 Å². The Labute approximate surface area is 143 Å². The van der Waals surface area contributed by atoms with Gasteiger partial charge in [-0.15, -0.1) is 0 Å². The molecular weight excluding hydrogens is 328 g/mol. The van der Waals surface area contributed by atoms with Crippen molar-refractivity contribution in [3.05, 3.63) is 45.7 Å². The van der Waals surface area contributed by atoms with Gasteiger partial charge in [-0.2, -0.15) is 5.10 Å². The fraction of sp³-hybridized carbons (Fsp3) is 0.375. The summed E-state index contributed by atoms with van der Waals surface area (Å²) in [6.07, 6.45) is 3.24. The van der Waals surface area contributed by atoms with Crippen molar-refractivity contribution in [1.82, 2.24) is 24.3 Å². The van der Waals surface area contributed by atoms with Crippen molar-refractivity contribution in [3.8, 4) is 0 Å². The third-order valence-corrected chi connectivity index (χ3v) is 4.47. The summed E-state index contributed by atoms with van der Waals surface area (Å²) < 4.78 is 3.53. The minimum absolute atomic E-state index is 0.0226. The van der Waals surface area contributed by atoms with Crippen molar-refractivity contribution in [2.45, 2.75) is 33.0 Å². The van der Waals surface area contributed by atoms with Gasteiger partial charge in [-0.25, -0.2) is 14.6 Å². The lowest BCUT2D eigenvalue weighted by molar-refractivity contribution is 0.520. The van der Waals surface area contributed by atoms with E-state index < -0.39 is 0 Å². The Bertz CT molecular complexity index is 959. The molecule has 3 aromatic rings. The Morgan fingerprint density at radius 3 is 2.75 bits per heavy atom. The van der Waals surface area contributed by atoms with E-state index in [0.717, 1.165) is 11.6 Å². The quantitative estimate of drug-likeness (QED) is 0.713. The Morgan fingerprint density at radius 1 is 1.21 bits per heavy atom. The maximum atomic E-state index is 12.7. The molecule has 7 nitrogen and oxygen atoms in total. The van der Waals surface area contributed by atoms with Gasteiger partial charge in [0.2, 0.25) is 0 Å². The van der Waals surface area contributed by atoms with Crippen LogP contribution in [0.2, 0.25) is 5.02 Å². The van der Waals surface area contributed by atoms with Crippen molar-refractivity contribution in [2.75, 3.05) is 11.4 Å². The standard InChI is InChI=1S/C16H17ClN6O/c1-10(2)23-15-12(8-19-23)16(24)22-6-5-21(9-14(22)20-15)13-4-3-11(17)7-18-13/h3-4,7-8,10H,5-6,9H2,1-2H3. The lowest BCUT2D eigenvalue weighted by Gasteiger charge is -2.30. The second-order valence-electron chi connectivity index (χ2n) is 6.16. The molecule has 4 rings (SSSR count). The van der Waals surface area contributed by atoms with E-state index in [1.807, 2.05) is 26.0 Å². The Balaban J connectivity index is 1.78. The summed E-state index contributed by atoms with van der Waals surface area (Å²) >= 11 is 5.90. The van der Waals surface area contributed by atoms with Crippen LogP contribution in [-0.2, 0) is 13.1 Å². The minimum atomic E-state index is -0.0226. The van der Waals surface area contributed by atoms with Crippen molar-refractivity contribution >= 4 is 28.5 Å². The molecule has 0 unspecified atom stereocenters. The van der Waals surface area contributed by atoms with Crippen LogP contribution in [0.3, 0.4) is 0 Å². The molecule has 0 N–H and O–H groups in total. The van der Waals surface area contributed by atoms with Gasteiger partial charge >= 0.3 is 0 Å². The van der Waals surface area contributed by atoms with Crippen LogP contribution in [0.1, 0.15) is 25.7 Å². The van der Waals surface area contributed by atoms with Gasteiger partial charge in [0, 0.05) is 25.3 Å². The van der Waals surface area contributed by atoms with Crippen LogP contribution in [0.5, 0.6) is 0 Å². The molecule has 3 aromatic heterocycles. The van der Waals surface area contributed by atoms with Crippen LogP contribution in [0.4, 0.5) is 5.82 Å². The van der Waals surface area contributed by atoms with Crippen LogP contribution in [-0.4, -0.2) is 30.9 Å². The van der Waals surface area contributed by atoms with Crippen LogP contribution >= 0.6 is 11.6 Å². The average molecular weight is 345 g/mol. The van der Waals surface area contributed by atoms with Gasteiger partial charge in [0.15, 0.2) is 5.65 Å². The molecule has 0 radical (unpaired) electrons. The number of rotatable bonds is 2. The number of nitrogens with zero attached hydrogens (tertiary/aromatic N) is 6. The second-order valence-corrected chi connectivity index (χ2v) is 6.60. The monoisotopic (exact) mass is 344 g/mol. The maximum Gasteiger partial charge on any atom is 0.264 e. The molecule has 0 bridgehead atoms. The molecule has 124 valence electrons. The smallest absolute Gasteiger partial charge is 0.264 e.